The maximum atomic E-state index is 6.51. The normalized spacial score (nSPS) is 16.8. The van der Waals surface area contributed by atoms with Crippen LogP contribution in [0.25, 0.3) is 0 Å². The van der Waals surface area contributed by atoms with Gasteiger partial charge < -0.3 is 15.4 Å². The van der Waals surface area contributed by atoms with Crippen molar-refractivity contribution in [1.82, 2.24) is 10.6 Å². The summed E-state index contributed by atoms with van der Waals surface area (Å²) in [5, 5.41) is 7.59. The topological polar surface area (TPSA) is 45.7 Å². The molecule has 0 spiro atoms. The highest BCUT2D eigenvalue weighted by atomic mass is 127. The first kappa shape index (κ1) is 22.5. The van der Waals surface area contributed by atoms with E-state index in [0.717, 1.165) is 63.1 Å². The number of rotatable bonds is 7. The summed E-state index contributed by atoms with van der Waals surface area (Å²) in [5.41, 5.74) is 1.16. The fourth-order valence-electron chi connectivity index (χ4n) is 3.12. The summed E-state index contributed by atoms with van der Waals surface area (Å²) >= 11 is 6.51. The molecule has 0 aliphatic carbocycles. The molecular weight excluding hydrogens is 449 g/mol. The van der Waals surface area contributed by atoms with Crippen molar-refractivity contribution >= 4 is 41.5 Å². The molecule has 0 bridgehead atoms. The number of nitrogens with one attached hydrogen (secondary N) is 2. The van der Waals surface area contributed by atoms with Crippen molar-refractivity contribution in [3.63, 3.8) is 0 Å². The molecule has 0 aromatic heterocycles. The van der Waals surface area contributed by atoms with Gasteiger partial charge in [-0.3, -0.25) is 4.99 Å². The highest BCUT2D eigenvalue weighted by Gasteiger charge is 2.36. The van der Waals surface area contributed by atoms with Crippen LogP contribution < -0.4 is 10.6 Å². The highest BCUT2D eigenvalue weighted by molar-refractivity contribution is 14.0. The Bertz CT molecular complexity index is 533. The minimum Gasteiger partial charge on any atom is -0.381 e. The zero-order valence-electron chi connectivity index (χ0n) is 15.3. The van der Waals surface area contributed by atoms with Gasteiger partial charge in [0.2, 0.25) is 0 Å². The van der Waals surface area contributed by atoms with Gasteiger partial charge in [0.05, 0.1) is 6.54 Å². The van der Waals surface area contributed by atoms with Crippen molar-refractivity contribution in [3.8, 4) is 0 Å². The number of guanidine groups is 1. The predicted molar refractivity (Wildman–Crippen MR) is 117 cm³/mol. The summed E-state index contributed by atoms with van der Waals surface area (Å²) in [6, 6.07) is 8.16. The number of aliphatic imine (C=N–C) groups is 1. The van der Waals surface area contributed by atoms with Crippen LogP contribution in [0.3, 0.4) is 0 Å². The first-order chi connectivity index (χ1) is 11.7. The lowest BCUT2D eigenvalue weighted by Gasteiger charge is -2.37. The van der Waals surface area contributed by atoms with Crippen LogP contribution in [0.1, 0.15) is 45.1 Å². The maximum absolute atomic E-state index is 6.51. The summed E-state index contributed by atoms with van der Waals surface area (Å²) in [5.74, 6) is 0.892. The van der Waals surface area contributed by atoms with Gasteiger partial charge in [0.1, 0.15) is 0 Å². The number of unbranched alkanes of at least 4 members (excludes halogenated alkanes) is 1. The fourth-order valence-corrected chi connectivity index (χ4v) is 3.46. The van der Waals surface area contributed by atoms with Crippen LogP contribution in [-0.4, -0.2) is 38.8 Å². The molecule has 25 heavy (non-hydrogen) atoms. The van der Waals surface area contributed by atoms with Crippen molar-refractivity contribution in [2.24, 2.45) is 4.99 Å². The molecule has 1 aliphatic heterocycles. The smallest absolute Gasteiger partial charge is 0.191 e. The first-order valence-electron chi connectivity index (χ1n) is 9.07. The van der Waals surface area contributed by atoms with Crippen molar-refractivity contribution in [2.45, 2.75) is 44.9 Å². The van der Waals surface area contributed by atoms with Gasteiger partial charge in [-0.15, -0.1) is 24.0 Å². The van der Waals surface area contributed by atoms with Crippen LogP contribution in [0.2, 0.25) is 5.02 Å². The molecule has 1 fully saturated rings. The van der Waals surface area contributed by atoms with Crippen LogP contribution in [0, 0.1) is 0 Å². The molecular formula is C19H31ClIN3O. The second-order valence-corrected chi connectivity index (χ2v) is 6.76. The zero-order chi connectivity index (χ0) is 17.3. The molecule has 1 saturated heterocycles. The van der Waals surface area contributed by atoms with Crippen molar-refractivity contribution in [2.75, 3.05) is 32.8 Å². The Hall–Kier alpha value is -0.530. The largest absolute Gasteiger partial charge is 0.381 e. The molecule has 0 unspecified atom stereocenters. The van der Waals surface area contributed by atoms with E-state index in [0.29, 0.717) is 0 Å². The Balaban J connectivity index is 0.00000312. The molecule has 1 aromatic rings. The molecule has 4 nitrogen and oxygen atoms in total. The molecule has 0 atom stereocenters. The SMILES string of the molecule is CCCCNC(=NCC1(c2ccccc2Cl)CCOCC1)NCC.I. The second kappa shape index (κ2) is 12.0. The molecule has 0 radical (unpaired) electrons. The average molecular weight is 480 g/mol. The Morgan fingerprint density at radius 2 is 1.92 bits per heavy atom. The van der Waals surface area contributed by atoms with Crippen LogP contribution in [0.5, 0.6) is 0 Å². The van der Waals surface area contributed by atoms with E-state index in [9.17, 15) is 0 Å². The third-order valence-electron chi connectivity index (χ3n) is 4.60. The van der Waals surface area contributed by atoms with Gasteiger partial charge in [-0.2, -0.15) is 0 Å². The number of halogens is 2. The number of ether oxygens (including phenoxy) is 1. The van der Waals surface area contributed by atoms with Crippen LogP contribution in [-0.2, 0) is 10.2 Å². The van der Waals surface area contributed by atoms with E-state index < -0.39 is 0 Å². The van der Waals surface area contributed by atoms with Crippen LogP contribution in [0.4, 0.5) is 0 Å². The highest BCUT2D eigenvalue weighted by Crippen LogP contribution is 2.38. The molecule has 142 valence electrons. The van der Waals surface area contributed by atoms with Gasteiger partial charge in [0.25, 0.3) is 0 Å². The lowest BCUT2D eigenvalue weighted by molar-refractivity contribution is 0.0531. The van der Waals surface area contributed by atoms with Gasteiger partial charge in [-0.25, -0.2) is 0 Å². The first-order valence-corrected chi connectivity index (χ1v) is 9.44. The summed E-state index contributed by atoms with van der Waals surface area (Å²) in [6.07, 6.45) is 4.23. The van der Waals surface area contributed by atoms with Crippen LogP contribution in [0.15, 0.2) is 29.3 Å². The Morgan fingerprint density at radius 1 is 1.20 bits per heavy atom. The lowest BCUT2D eigenvalue weighted by atomic mass is 9.74. The molecule has 2 rings (SSSR count). The van der Waals surface area contributed by atoms with Crippen molar-refractivity contribution < 1.29 is 4.74 Å². The Labute approximate surface area is 174 Å². The van der Waals surface area contributed by atoms with E-state index in [1.54, 1.807) is 0 Å². The summed E-state index contributed by atoms with van der Waals surface area (Å²) < 4.78 is 5.60. The fraction of sp³-hybridized carbons (Fsp3) is 0.632. The number of hydrogen-bond acceptors (Lipinski definition) is 2. The standard InChI is InChI=1S/C19H30ClN3O.HI/c1-3-5-12-22-18(21-4-2)23-15-19(10-13-24-14-11-19)16-8-6-7-9-17(16)20;/h6-9H,3-5,10-15H2,1-2H3,(H2,21,22,23);1H. The van der Waals surface area contributed by atoms with Crippen molar-refractivity contribution in [1.29, 1.82) is 0 Å². The number of benzene rings is 1. The molecule has 1 heterocycles. The molecule has 1 aliphatic rings. The van der Waals surface area contributed by atoms with Gasteiger partial charge >= 0.3 is 0 Å². The minimum atomic E-state index is -0.0380. The monoisotopic (exact) mass is 479 g/mol. The van der Waals surface area contributed by atoms with E-state index in [1.807, 2.05) is 12.1 Å². The summed E-state index contributed by atoms with van der Waals surface area (Å²) in [6.45, 7) is 8.35. The number of hydrogen-bond donors (Lipinski definition) is 2. The molecule has 6 heteroatoms. The molecule has 2 N–H and O–H groups in total. The van der Waals surface area contributed by atoms with E-state index in [4.69, 9.17) is 21.3 Å². The zero-order valence-corrected chi connectivity index (χ0v) is 18.4. The molecule has 0 amide bonds. The Morgan fingerprint density at radius 3 is 2.56 bits per heavy atom. The summed E-state index contributed by atoms with van der Waals surface area (Å²) in [7, 11) is 0. The molecule has 0 saturated carbocycles. The van der Waals surface area contributed by atoms with Crippen LogP contribution >= 0.6 is 35.6 Å². The lowest BCUT2D eigenvalue weighted by Crippen LogP contribution is -2.41. The maximum Gasteiger partial charge on any atom is 0.191 e. The predicted octanol–water partition coefficient (Wildman–Crippen LogP) is 4.36. The second-order valence-electron chi connectivity index (χ2n) is 6.35. The van der Waals surface area contributed by atoms with Gasteiger partial charge in [0, 0.05) is 36.7 Å². The van der Waals surface area contributed by atoms with Crippen molar-refractivity contribution in [3.05, 3.63) is 34.9 Å². The van der Waals surface area contributed by atoms with E-state index >= 15 is 0 Å². The number of nitrogens with zero attached hydrogens (tertiary/aromatic N) is 1. The Kier molecular flexibility index (Phi) is 10.8. The third-order valence-corrected chi connectivity index (χ3v) is 4.93. The molecule has 1 aromatic carbocycles. The summed E-state index contributed by atoms with van der Waals surface area (Å²) in [4.78, 5) is 4.88. The quantitative estimate of drug-likeness (QED) is 0.264. The third kappa shape index (κ3) is 6.61. The average Bonchev–Trinajstić information content (AvgIpc) is 2.61. The van der Waals surface area contributed by atoms with Gasteiger partial charge in [-0.1, -0.05) is 43.1 Å². The van der Waals surface area contributed by atoms with E-state index in [2.05, 4.69) is 36.6 Å². The van der Waals surface area contributed by atoms with Gasteiger partial charge in [-0.05, 0) is 37.8 Å². The van der Waals surface area contributed by atoms with E-state index in [1.165, 1.54) is 12.0 Å². The van der Waals surface area contributed by atoms with E-state index in [-0.39, 0.29) is 29.4 Å². The minimum absolute atomic E-state index is 0. The van der Waals surface area contributed by atoms with Gasteiger partial charge in [0.15, 0.2) is 5.96 Å².